The molecule has 2 aromatic carbocycles. The van der Waals surface area contributed by atoms with E-state index in [1.54, 1.807) is 24.3 Å². The highest BCUT2D eigenvalue weighted by atomic mass is 35.5. The van der Waals surface area contributed by atoms with Crippen molar-refractivity contribution in [1.29, 1.82) is 0 Å². The lowest BCUT2D eigenvalue weighted by Gasteiger charge is -2.09. The summed E-state index contributed by atoms with van der Waals surface area (Å²) in [6, 6.07) is 13.2. The van der Waals surface area contributed by atoms with Gasteiger partial charge in [0, 0.05) is 18.1 Å². The fraction of sp³-hybridized carbons (Fsp3) is 0.105. The van der Waals surface area contributed by atoms with Crippen molar-refractivity contribution in [3.63, 3.8) is 0 Å². The molecule has 0 spiro atoms. The topological polar surface area (TPSA) is 66.9 Å². The fourth-order valence-corrected chi connectivity index (χ4v) is 2.63. The van der Waals surface area contributed by atoms with Gasteiger partial charge in [0.05, 0.1) is 16.3 Å². The van der Waals surface area contributed by atoms with Gasteiger partial charge in [-0.1, -0.05) is 29.8 Å². The molecule has 5 nitrogen and oxygen atoms in total. The van der Waals surface area contributed by atoms with Gasteiger partial charge in [-0.25, -0.2) is 9.97 Å². The third-order valence-corrected chi connectivity index (χ3v) is 3.84. The number of rotatable bonds is 4. The van der Waals surface area contributed by atoms with E-state index in [2.05, 4.69) is 26.7 Å². The van der Waals surface area contributed by atoms with E-state index in [9.17, 15) is 4.79 Å². The molecule has 6 heteroatoms. The van der Waals surface area contributed by atoms with Gasteiger partial charge in [-0.3, -0.25) is 4.79 Å². The Morgan fingerprint density at radius 2 is 1.64 bits per heavy atom. The predicted octanol–water partition coefficient (Wildman–Crippen LogP) is 4.74. The Bertz CT molecular complexity index is 889. The Labute approximate surface area is 151 Å². The highest BCUT2D eigenvalue weighted by Gasteiger charge is 2.09. The number of hydrogen-bond donors (Lipinski definition) is 2. The Hall–Kier alpha value is -2.92. The zero-order chi connectivity index (χ0) is 17.8. The van der Waals surface area contributed by atoms with Crippen LogP contribution in [-0.4, -0.2) is 15.9 Å². The average molecular weight is 353 g/mol. The molecule has 1 aromatic heterocycles. The zero-order valence-corrected chi connectivity index (χ0v) is 14.6. The lowest BCUT2D eigenvalue weighted by atomic mass is 10.1. The maximum absolute atomic E-state index is 12.3. The average Bonchev–Trinajstić information content (AvgIpc) is 2.56. The number of aryl methyl sites for hydroxylation is 2. The SMILES string of the molecule is Cc1cc(C)cc(Nc2ncc(C(=O)Nc3ccccc3Cl)cn2)c1. The molecular weight excluding hydrogens is 336 g/mol. The van der Waals surface area contributed by atoms with Crippen LogP contribution >= 0.6 is 11.6 Å². The minimum atomic E-state index is -0.314. The minimum Gasteiger partial charge on any atom is -0.324 e. The second-order valence-electron chi connectivity index (χ2n) is 5.73. The predicted molar refractivity (Wildman–Crippen MR) is 101 cm³/mol. The van der Waals surface area contributed by atoms with Crippen LogP contribution in [-0.2, 0) is 0 Å². The van der Waals surface area contributed by atoms with E-state index in [1.807, 2.05) is 26.0 Å². The molecule has 3 aromatic rings. The van der Waals surface area contributed by atoms with Gasteiger partial charge in [0.15, 0.2) is 0 Å². The van der Waals surface area contributed by atoms with Gasteiger partial charge in [-0.2, -0.15) is 0 Å². The molecule has 0 bridgehead atoms. The van der Waals surface area contributed by atoms with Crippen LogP contribution in [0.3, 0.4) is 0 Å². The van der Waals surface area contributed by atoms with E-state index in [4.69, 9.17) is 11.6 Å². The molecule has 0 radical (unpaired) electrons. The molecular formula is C19H17ClN4O. The standard InChI is InChI=1S/C19H17ClN4O/c1-12-7-13(2)9-15(8-12)23-19-21-10-14(11-22-19)18(25)24-17-6-4-3-5-16(17)20/h3-11H,1-2H3,(H,24,25)(H,21,22,23). The maximum Gasteiger partial charge on any atom is 0.258 e. The van der Waals surface area contributed by atoms with Crippen LogP contribution in [0.2, 0.25) is 5.02 Å². The van der Waals surface area contributed by atoms with E-state index in [0.717, 1.165) is 16.8 Å². The molecule has 1 heterocycles. The Morgan fingerprint density at radius 3 is 2.28 bits per heavy atom. The number of nitrogens with one attached hydrogen (secondary N) is 2. The summed E-state index contributed by atoms with van der Waals surface area (Å²) in [6.07, 6.45) is 2.95. The highest BCUT2D eigenvalue weighted by Crippen LogP contribution is 2.21. The van der Waals surface area contributed by atoms with E-state index < -0.39 is 0 Å². The van der Waals surface area contributed by atoms with E-state index in [-0.39, 0.29) is 5.91 Å². The molecule has 3 rings (SSSR count). The van der Waals surface area contributed by atoms with Crippen molar-refractivity contribution >= 4 is 34.8 Å². The van der Waals surface area contributed by atoms with Gasteiger partial charge in [-0.05, 0) is 49.2 Å². The summed E-state index contributed by atoms with van der Waals surface area (Å²) in [5.74, 6) is 0.116. The lowest BCUT2D eigenvalue weighted by molar-refractivity contribution is 0.102. The summed E-state index contributed by atoms with van der Waals surface area (Å²) in [5.41, 5.74) is 4.11. The molecule has 0 unspecified atom stereocenters. The monoisotopic (exact) mass is 352 g/mol. The van der Waals surface area contributed by atoms with Crippen LogP contribution in [0.4, 0.5) is 17.3 Å². The summed E-state index contributed by atoms with van der Waals surface area (Å²) in [6.45, 7) is 4.06. The largest absolute Gasteiger partial charge is 0.324 e. The Balaban J connectivity index is 1.71. The molecule has 0 fully saturated rings. The van der Waals surface area contributed by atoms with Crippen LogP contribution in [0.5, 0.6) is 0 Å². The van der Waals surface area contributed by atoms with Crippen molar-refractivity contribution in [3.05, 3.63) is 76.6 Å². The van der Waals surface area contributed by atoms with Crippen LogP contribution in [0.25, 0.3) is 0 Å². The first-order chi connectivity index (χ1) is 12.0. The van der Waals surface area contributed by atoms with Crippen molar-refractivity contribution in [2.45, 2.75) is 13.8 Å². The minimum absolute atomic E-state index is 0.314. The van der Waals surface area contributed by atoms with Crippen molar-refractivity contribution in [3.8, 4) is 0 Å². The van der Waals surface area contributed by atoms with Gasteiger partial charge in [0.1, 0.15) is 0 Å². The number of hydrogen-bond acceptors (Lipinski definition) is 4. The molecule has 1 amide bonds. The van der Waals surface area contributed by atoms with Gasteiger partial charge < -0.3 is 10.6 Å². The summed E-state index contributed by atoms with van der Waals surface area (Å²) in [5, 5.41) is 6.35. The zero-order valence-electron chi connectivity index (χ0n) is 13.9. The number of anilines is 3. The third-order valence-electron chi connectivity index (χ3n) is 3.51. The number of carbonyl (C=O) groups excluding carboxylic acids is 1. The van der Waals surface area contributed by atoms with Gasteiger partial charge in [-0.15, -0.1) is 0 Å². The lowest BCUT2D eigenvalue weighted by Crippen LogP contribution is -2.13. The second kappa shape index (κ2) is 7.32. The number of nitrogens with zero attached hydrogens (tertiary/aromatic N) is 2. The van der Waals surface area contributed by atoms with Gasteiger partial charge >= 0.3 is 0 Å². The normalized spacial score (nSPS) is 10.4. The maximum atomic E-state index is 12.3. The molecule has 2 N–H and O–H groups in total. The molecule has 0 saturated heterocycles. The quantitative estimate of drug-likeness (QED) is 0.711. The van der Waals surface area contributed by atoms with E-state index >= 15 is 0 Å². The molecule has 0 aliphatic carbocycles. The summed E-state index contributed by atoms with van der Waals surface area (Å²) in [7, 11) is 0. The van der Waals surface area contributed by atoms with Crippen LogP contribution < -0.4 is 10.6 Å². The van der Waals surface area contributed by atoms with Gasteiger partial charge in [0.2, 0.25) is 5.95 Å². The Kier molecular flexibility index (Phi) is 4.95. The van der Waals surface area contributed by atoms with E-state index in [1.165, 1.54) is 12.4 Å². The number of halogens is 1. The number of para-hydroxylation sites is 1. The van der Waals surface area contributed by atoms with Crippen LogP contribution in [0, 0.1) is 13.8 Å². The van der Waals surface area contributed by atoms with Crippen LogP contribution in [0.15, 0.2) is 54.9 Å². The summed E-state index contributed by atoms with van der Waals surface area (Å²) < 4.78 is 0. The first kappa shape index (κ1) is 16.9. The molecule has 25 heavy (non-hydrogen) atoms. The summed E-state index contributed by atoms with van der Waals surface area (Å²) in [4.78, 5) is 20.7. The van der Waals surface area contributed by atoms with Crippen molar-refractivity contribution in [2.24, 2.45) is 0 Å². The van der Waals surface area contributed by atoms with Crippen molar-refractivity contribution in [1.82, 2.24) is 9.97 Å². The van der Waals surface area contributed by atoms with E-state index in [0.29, 0.717) is 22.2 Å². The molecule has 0 atom stereocenters. The highest BCUT2D eigenvalue weighted by molar-refractivity contribution is 6.33. The molecule has 0 aliphatic heterocycles. The number of carbonyl (C=O) groups is 1. The summed E-state index contributed by atoms with van der Waals surface area (Å²) >= 11 is 6.04. The van der Waals surface area contributed by atoms with Gasteiger partial charge in [0.25, 0.3) is 5.91 Å². The first-order valence-corrected chi connectivity index (χ1v) is 8.12. The smallest absolute Gasteiger partial charge is 0.258 e. The number of amides is 1. The Morgan fingerprint density at radius 1 is 1.00 bits per heavy atom. The first-order valence-electron chi connectivity index (χ1n) is 7.74. The van der Waals surface area contributed by atoms with Crippen molar-refractivity contribution < 1.29 is 4.79 Å². The van der Waals surface area contributed by atoms with Crippen LogP contribution in [0.1, 0.15) is 21.5 Å². The van der Waals surface area contributed by atoms with Crippen molar-refractivity contribution in [2.75, 3.05) is 10.6 Å². The fourth-order valence-electron chi connectivity index (χ4n) is 2.44. The number of aromatic nitrogens is 2. The molecule has 0 saturated carbocycles. The second-order valence-corrected chi connectivity index (χ2v) is 6.14. The third kappa shape index (κ3) is 4.33. The number of benzene rings is 2. The molecule has 126 valence electrons. The molecule has 0 aliphatic rings.